The summed E-state index contributed by atoms with van der Waals surface area (Å²) in [6.45, 7) is 10.8. The van der Waals surface area contributed by atoms with E-state index in [9.17, 15) is 19.2 Å². The zero-order valence-electron chi connectivity index (χ0n) is 27.6. The number of benzene rings is 3. The number of hydrogen-bond donors (Lipinski definition) is 4. The maximum absolute atomic E-state index is 13.7. The minimum Gasteiger partial charge on any atom is -0.491 e. The van der Waals surface area contributed by atoms with Crippen molar-refractivity contribution in [3.63, 3.8) is 0 Å². The SMILES string of the molecule is C=CCOC(=O)c1ccc(NC(=O)c2ccc(NC(=O)c3ccc(NC(=O)[C@@H](N)CC#N)cc3)c(OC)c2OCC=C)c(OC)c1OCC=C. The van der Waals surface area contributed by atoms with E-state index >= 15 is 0 Å². The number of hydrogen-bond acceptors (Lipinski definition) is 11. The van der Waals surface area contributed by atoms with E-state index < -0.39 is 29.7 Å². The van der Waals surface area contributed by atoms with Gasteiger partial charge in [-0.25, -0.2) is 4.79 Å². The van der Waals surface area contributed by atoms with Crippen LogP contribution in [0.25, 0.3) is 0 Å². The number of rotatable bonds is 18. The average Bonchev–Trinajstić information content (AvgIpc) is 3.12. The maximum Gasteiger partial charge on any atom is 0.342 e. The lowest BCUT2D eigenvalue weighted by Crippen LogP contribution is -2.35. The van der Waals surface area contributed by atoms with Gasteiger partial charge in [0.15, 0.2) is 23.0 Å². The van der Waals surface area contributed by atoms with Crippen LogP contribution in [0.15, 0.2) is 86.5 Å². The molecule has 0 aliphatic rings. The van der Waals surface area contributed by atoms with Gasteiger partial charge in [-0.15, -0.1) is 0 Å². The molecule has 50 heavy (non-hydrogen) atoms. The smallest absolute Gasteiger partial charge is 0.342 e. The van der Waals surface area contributed by atoms with E-state index in [0.29, 0.717) is 5.69 Å². The third-order valence-electron chi connectivity index (χ3n) is 6.68. The molecular weight excluding hydrogens is 646 g/mol. The van der Waals surface area contributed by atoms with Gasteiger partial charge in [0.2, 0.25) is 5.91 Å². The summed E-state index contributed by atoms with van der Waals surface area (Å²) in [6.07, 6.45) is 4.22. The predicted octanol–water partition coefficient (Wildman–Crippen LogP) is 4.86. The van der Waals surface area contributed by atoms with Crippen molar-refractivity contribution in [2.24, 2.45) is 5.73 Å². The summed E-state index contributed by atoms with van der Waals surface area (Å²) < 4.78 is 27.9. The second-order valence-electron chi connectivity index (χ2n) is 10.1. The quantitative estimate of drug-likeness (QED) is 0.105. The fraction of sp³-hybridized carbons (Fsp3) is 0.194. The second-order valence-corrected chi connectivity index (χ2v) is 10.1. The zero-order valence-corrected chi connectivity index (χ0v) is 27.6. The number of nitrogens with zero attached hydrogens (tertiary/aromatic N) is 1. The largest absolute Gasteiger partial charge is 0.491 e. The van der Waals surface area contributed by atoms with Gasteiger partial charge in [-0.3, -0.25) is 14.4 Å². The minimum absolute atomic E-state index is 0.00110. The molecule has 14 heteroatoms. The van der Waals surface area contributed by atoms with Crippen LogP contribution in [0.1, 0.15) is 37.5 Å². The van der Waals surface area contributed by atoms with Crippen molar-refractivity contribution < 1.29 is 42.9 Å². The number of nitrogens with two attached hydrogens (primary N) is 1. The minimum atomic E-state index is -0.993. The first kappa shape index (κ1) is 37.9. The molecule has 0 aliphatic heterocycles. The number of ether oxygens (including phenoxy) is 5. The summed E-state index contributed by atoms with van der Waals surface area (Å²) in [5.41, 5.74) is 6.71. The number of nitrogens with one attached hydrogen (secondary N) is 3. The number of esters is 1. The van der Waals surface area contributed by atoms with Crippen molar-refractivity contribution >= 4 is 40.8 Å². The number of amides is 3. The average molecular weight is 684 g/mol. The molecule has 3 amide bonds. The summed E-state index contributed by atoms with van der Waals surface area (Å²) >= 11 is 0. The van der Waals surface area contributed by atoms with Gasteiger partial charge in [-0.1, -0.05) is 38.0 Å². The Morgan fingerprint density at radius 3 is 1.78 bits per heavy atom. The fourth-order valence-electron chi connectivity index (χ4n) is 4.37. The predicted molar refractivity (Wildman–Crippen MR) is 187 cm³/mol. The highest BCUT2D eigenvalue weighted by Gasteiger charge is 2.26. The van der Waals surface area contributed by atoms with Crippen molar-refractivity contribution in [2.45, 2.75) is 12.5 Å². The number of carbonyl (C=O) groups is 4. The number of methoxy groups -OCH3 is 2. The highest BCUT2D eigenvalue weighted by molar-refractivity contribution is 6.10. The molecule has 0 saturated heterocycles. The van der Waals surface area contributed by atoms with E-state index in [1.807, 2.05) is 6.07 Å². The number of carbonyl (C=O) groups excluding carboxylic acids is 4. The highest BCUT2D eigenvalue weighted by atomic mass is 16.5. The van der Waals surface area contributed by atoms with Gasteiger partial charge >= 0.3 is 5.97 Å². The first-order valence-electron chi connectivity index (χ1n) is 15.0. The van der Waals surface area contributed by atoms with Crippen molar-refractivity contribution in [2.75, 3.05) is 50.0 Å². The molecule has 260 valence electrons. The summed E-state index contributed by atoms with van der Waals surface area (Å²) in [5.74, 6) is -2.29. The van der Waals surface area contributed by atoms with Gasteiger partial charge in [0, 0.05) is 11.3 Å². The summed E-state index contributed by atoms with van der Waals surface area (Å²) in [5, 5.41) is 16.8. The maximum atomic E-state index is 13.7. The first-order chi connectivity index (χ1) is 24.1. The summed E-state index contributed by atoms with van der Waals surface area (Å²) in [7, 11) is 2.69. The molecule has 0 fully saturated rings. The molecule has 0 aromatic heterocycles. The van der Waals surface area contributed by atoms with Crippen molar-refractivity contribution in [3.8, 4) is 29.1 Å². The Labute approximate surface area is 289 Å². The van der Waals surface area contributed by atoms with E-state index in [2.05, 4.69) is 35.7 Å². The van der Waals surface area contributed by atoms with Gasteiger partial charge in [0.25, 0.3) is 11.8 Å². The molecule has 3 rings (SSSR count). The molecule has 0 aliphatic carbocycles. The molecule has 0 bridgehead atoms. The van der Waals surface area contributed by atoms with E-state index in [1.54, 1.807) is 0 Å². The molecule has 0 unspecified atom stereocenters. The fourth-order valence-corrected chi connectivity index (χ4v) is 4.37. The van der Waals surface area contributed by atoms with E-state index in [-0.39, 0.29) is 77.3 Å². The standard InChI is InChI=1S/C36H37N5O9/c1-6-19-48-29-24(34(43)41-28-16-14-25(36(45)50-21-8-3)30(32(28)47-5)49-20-7-2)13-15-27(31(29)46-4)40-33(42)22-9-11-23(12-10-22)39-35(44)26(38)17-18-37/h6-16,26H,1-3,17,19-21,38H2,4-5H3,(H,39,44)(H,40,42)(H,41,43)/t26-/m0/s1. The molecule has 3 aromatic rings. The highest BCUT2D eigenvalue weighted by Crippen LogP contribution is 2.42. The lowest BCUT2D eigenvalue weighted by Gasteiger charge is -2.20. The van der Waals surface area contributed by atoms with Crippen LogP contribution < -0.4 is 40.6 Å². The van der Waals surface area contributed by atoms with E-state index in [0.717, 1.165) is 0 Å². The Morgan fingerprint density at radius 1 is 0.740 bits per heavy atom. The van der Waals surface area contributed by atoms with Crippen LogP contribution in [0.3, 0.4) is 0 Å². The van der Waals surface area contributed by atoms with Crippen LogP contribution in [0, 0.1) is 11.3 Å². The number of anilines is 3. The molecule has 3 aromatic carbocycles. The van der Waals surface area contributed by atoms with Crippen LogP contribution >= 0.6 is 0 Å². The molecule has 14 nitrogen and oxygen atoms in total. The Morgan fingerprint density at radius 2 is 1.26 bits per heavy atom. The van der Waals surface area contributed by atoms with Crippen LogP contribution in [-0.2, 0) is 9.53 Å². The topological polar surface area (TPSA) is 200 Å². The van der Waals surface area contributed by atoms with Gasteiger partial charge in [0.1, 0.15) is 25.4 Å². The third kappa shape index (κ3) is 9.49. The monoisotopic (exact) mass is 683 g/mol. The number of nitriles is 1. The summed E-state index contributed by atoms with van der Waals surface area (Å²) in [4.78, 5) is 51.7. The first-order valence-corrected chi connectivity index (χ1v) is 15.0. The van der Waals surface area contributed by atoms with Crippen LogP contribution in [-0.4, -0.2) is 63.8 Å². The lowest BCUT2D eigenvalue weighted by molar-refractivity contribution is -0.117. The molecule has 0 saturated carbocycles. The van der Waals surface area contributed by atoms with Crippen LogP contribution in [0.2, 0.25) is 0 Å². The van der Waals surface area contributed by atoms with Gasteiger partial charge in [-0.2, -0.15) is 5.26 Å². The van der Waals surface area contributed by atoms with Crippen molar-refractivity contribution in [3.05, 3.63) is 103 Å². The Bertz CT molecular complexity index is 1800. The van der Waals surface area contributed by atoms with Gasteiger partial charge in [0.05, 0.1) is 49.7 Å². The Balaban J connectivity index is 1.93. The zero-order chi connectivity index (χ0) is 36.6. The molecule has 0 radical (unpaired) electrons. The molecule has 0 heterocycles. The Hall–Kier alpha value is -6.59. The third-order valence-corrected chi connectivity index (χ3v) is 6.68. The Kier molecular flexibility index (Phi) is 14.1. The lowest BCUT2D eigenvalue weighted by atomic mass is 10.1. The van der Waals surface area contributed by atoms with Gasteiger partial charge < -0.3 is 45.4 Å². The summed E-state index contributed by atoms with van der Waals surface area (Å²) in [6, 6.07) is 12.6. The normalized spacial score (nSPS) is 10.7. The van der Waals surface area contributed by atoms with Crippen LogP contribution in [0.4, 0.5) is 17.1 Å². The van der Waals surface area contributed by atoms with Gasteiger partial charge in [-0.05, 0) is 48.5 Å². The molecule has 1 atom stereocenters. The van der Waals surface area contributed by atoms with E-state index in [4.69, 9.17) is 34.7 Å². The van der Waals surface area contributed by atoms with Crippen molar-refractivity contribution in [1.82, 2.24) is 0 Å². The van der Waals surface area contributed by atoms with E-state index in [1.165, 1.54) is 81.0 Å². The second kappa shape index (κ2) is 18.7. The van der Waals surface area contributed by atoms with Crippen molar-refractivity contribution in [1.29, 1.82) is 5.26 Å². The molecule has 5 N–H and O–H groups in total. The molecular formula is C36H37N5O9. The van der Waals surface area contributed by atoms with Crippen LogP contribution in [0.5, 0.6) is 23.0 Å². The molecule has 0 spiro atoms.